The van der Waals surface area contributed by atoms with Crippen molar-refractivity contribution in [2.45, 2.75) is 32.5 Å². The molecule has 7 nitrogen and oxygen atoms in total. The molecule has 1 aromatic heterocycles. The van der Waals surface area contributed by atoms with Gasteiger partial charge in [0.25, 0.3) is 5.91 Å². The monoisotopic (exact) mass is 315 g/mol. The Kier molecular flexibility index (Phi) is 4.70. The Bertz CT molecular complexity index is 611. The number of hydrogen-bond donors (Lipinski definition) is 2. The van der Waals surface area contributed by atoms with Crippen LogP contribution in [0.1, 0.15) is 30.2 Å². The lowest BCUT2D eigenvalue weighted by Crippen LogP contribution is -2.57. The van der Waals surface area contributed by atoms with Crippen LogP contribution < -0.4 is 10.0 Å². The van der Waals surface area contributed by atoms with E-state index in [1.807, 2.05) is 13.8 Å². The van der Waals surface area contributed by atoms with Crippen molar-refractivity contribution in [3.8, 4) is 0 Å². The smallest absolute Gasteiger partial charge is 0.289 e. The normalized spacial score (nSPS) is 23.3. The van der Waals surface area contributed by atoms with Gasteiger partial charge in [-0.1, -0.05) is 0 Å². The predicted octanol–water partition coefficient (Wildman–Crippen LogP) is 0.151. The number of carbonyl (C=O) groups is 1. The summed E-state index contributed by atoms with van der Waals surface area (Å²) in [5, 5.41) is 3.31. The van der Waals surface area contributed by atoms with Crippen LogP contribution in [0.4, 0.5) is 0 Å². The number of furan rings is 1. The van der Waals surface area contributed by atoms with Crippen LogP contribution in [0.15, 0.2) is 16.5 Å². The minimum Gasteiger partial charge on any atom is -0.455 e. The Balaban J connectivity index is 2.05. The quantitative estimate of drug-likeness (QED) is 0.825. The molecule has 2 heterocycles. The minimum absolute atomic E-state index is 0.0413. The lowest BCUT2D eigenvalue weighted by Gasteiger charge is -2.38. The summed E-state index contributed by atoms with van der Waals surface area (Å²) in [5.74, 6) is 0.488. The SMILES string of the molecule is CC1NCCN(C(=O)c2ccc(CNS(C)(=O)=O)o2)C1C. The highest BCUT2D eigenvalue weighted by molar-refractivity contribution is 7.88. The van der Waals surface area contributed by atoms with Crippen LogP contribution in [0.2, 0.25) is 0 Å². The van der Waals surface area contributed by atoms with Gasteiger partial charge in [-0.25, -0.2) is 13.1 Å². The highest BCUT2D eigenvalue weighted by Crippen LogP contribution is 2.16. The first-order chi connectivity index (χ1) is 9.78. The van der Waals surface area contributed by atoms with E-state index < -0.39 is 10.0 Å². The van der Waals surface area contributed by atoms with Crippen LogP contribution in [0.25, 0.3) is 0 Å². The zero-order valence-electron chi connectivity index (χ0n) is 12.4. The van der Waals surface area contributed by atoms with E-state index >= 15 is 0 Å². The van der Waals surface area contributed by atoms with Gasteiger partial charge in [-0.15, -0.1) is 0 Å². The van der Waals surface area contributed by atoms with E-state index in [1.165, 1.54) is 0 Å². The third kappa shape index (κ3) is 4.05. The maximum Gasteiger partial charge on any atom is 0.289 e. The van der Waals surface area contributed by atoms with E-state index in [4.69, 9.17) is 4.42 Å². The molecule has 118 valence electrons. The summed E-state index contributed by atoms with van der Waals surface area (Å²) in [6.07, 6.45) is 1.08. The van der Waals surface area contributed by atoms with Crippen LogP contribution >= 0.6 is 0 Å². The summed E-state index contributed by atoms with van der Waals surface area (Å²) in [6, 6.07) is 3.50. The number of sulfonamides is 1. The molecule has 0 spiro atoms. The molecule has 1 aromatic rings. The topological polar surface area (TPSA) is 91.7 Å². The van der Waals surface area contributed by atoms with Gasteiger partial charge in [0.1, 0.15) is 5.76 Å². The number of rotatable bonds is 4. The van der Waals surface area contributed by atoms with Gasteiger partial charge in [0.05, 0.1) is 12.8 Å². The van der Waals surface area contributed by atoms with Gasteiger partial charge in [-0.05, 0) is 26.0 Å². The summed E-state index contributed by atoms with van der Waals surface area (Å²) in [5.41, 5.74) is 0. The van der Waals surface area contributed by atoms with Crippen LogP contribution in [-0.4, -0.2) is 50.7 Å². The van der Waals surface area contributed by atoms with E-state index in [0.717, 1.165) is 12.8 Å². The van der Waals surface area contributed by atoms with Crippen molar-refractivity contribution in [1.82, 2.24) is 14.9 Å². The molecule has 1 aliphatic rings. The average molecular weight is 315 g/mol. The maximum absolute atomic E-state index is 12.4. The zero-order valence-corrected chi connectivity index (χ0v) is 13.2. The van der Waals surface area contributed by atoms with Crippen molar-refractivity contribution in [2.24, 2.45) is 0 Å². The fourth-order valence-electron chi connectivity index (χ4n) is 2.27. The largest absolute Gasteiger partial charge is 0.455 e. The standard InChI is InChI=1S/C13H21N3O4S/c1-9-10(2)16(7-6-14-9)13(17)12-5-4-11(20-12)8-15-21(3,18)19/h4-5,9-10,14-15H,6-8H2,1-3H3. The molecule has 8 heteroatoms. The third-order valence-corrected chi connectivity index (χ3v) is 4.34. The molecule has 0 aromatic carbocycles. The Morgan fingerprint density at radius 3 is 2.86 bits per heavy atom. The fourth-order valence-corrected chi connectivity index (χ4v) is 2.68. The molecular weight excluding hydrogens is 294 g/mol. The number of amides is 1. The second-order valence-electron chi connectivity index (χ2n) is 5.34. The average Bonchev–Trinajstić information content (AvgIpc) is 2.87. The Morgan fingerprint density at radius 1 is 1.48 bits per heavy atom. The van der Waals surface area contributed by atoms with Gasteiger partial charge >= 0.3 is 0 Å². The van der Waals surface area contributed by atoms with Crippen molar-refractivity contribution in [3.05, 3.63) is 23.7 Å². The summed E-state index contributed by atoms with van der Waals surface area (Å²) in [4.78, 5) is 14.2. The van der Waals surface area contributed by atoms with E-state index in [-0.39, 0.29) is 30.3 Å². The molecular formula is C13H21N3O4S. The first-order valence-electron chi connectivity index (χ1n) is 6.85. The molecule has 1 fully saturated rings. The number of nitrogens with zero attached hydrogens (tertiary/aromatic N) is 1. The zero-order chi connectivity index (χ0) is 15.6. The Labute approximate surface area is 124 Å². The van der Waals surface area contributed by atoms with Gasteiger partial charge in [0, 0.05) is 25.2 Å². The highest BCUT2D eigenvalue weighted by atomic mass is 32.2. The van der Waals surface area contributed by atoms with Crippen LogP contribution in [0.5, 0.6) is 0 Å². The van der Waals surface area contributed by atoms with Gasteiger partial charge in [0.15, 0.2) is 5.76 Å². The van der Waals surface area contributed by atoms with Crippen molar-refractivity contribution in [3.63, 3.8) is 0 Å². The molecule has 2 unspecified atom stereocenters. The van der Waals surface area contributed by atoms with Crippen molar-refractivity contribution >= 4 is 15.9 Å². The Hall–Kier alpha value is -1.38. The molecule has 0 aliphatic carbocycles. The molecule has 2 atom stereocenters. The summed E-state index contributed by atoms with van der Waals surface area (Å²) in [7, 11) is -3.28. The van der Waals surface area contributed by atoms with Gasteiger partial charge < -0.3 is 14.6 Å². The fraction of sp³-hybridized carbons (Fsp3) is 0.615. The van der Waals surface area contributed by atoms with Crippen molar-refractivity contribution in [2.75, 3.05) is 19.3 Å². The number of nitrogens with one attached hydrogen (secondary N) is 2. The van der Waals surface area contributed by atoms with E-state index in [1.54, 1.807) is 17.0 Å². The van der Waals surface area contributed by atoms with Crippen LogP contribution in [-0.2, 0) is 16.6 Å². The highest BCUT2D eigenvalue weighted by Gasteiger charge is 2.30. The van der Waals surface area contributed by atoms with Gasteiger partial charge in [-0.2, -0.15) is 0 Å². The third-order valence-electron chi connectivity index (χ3n) is 3.68. The van der Waals surface area contributed by atoms with Crippen molar-refractivity contribution < 1.29 is 17.6 Å². The summed E-state index contributed by atoms with van der Waals surface area (Å²) >= 11 is 0. The first-order valence-corrected chi connectivity index (χ1v) is 8.75. The molecule has 2 N–H and O–H groups in total. The van der Waals surface area contributed by atoms with Crippen LogP contribution in [0, 0.1) is 0 Å². The second kappa shape index (κ2) is 6.17. The summed E-state index contributed by atoms with van der Waals surface area (Å²) in [6.45, 7) is 5.44. The molecule has 0 saturated carbocycles. The number of hydrogen-bond acceptors (Lipinski definition) is 5. The predicted molar refractivity (Wildman–Crippen MR) is 78.4 cm³/mol. The first kappa shape index (κ1) is 16.0. The molecule has 0 bridgehead atoms. The summed E-state index contributed by atoms with van der Waals surface area (Å²) < 4.78 is 29.8. The second-order valence-corrected chi connectivity index (χ2v) is 7.17. The Morgan fingerprint density at radius 2 is 2.19 bits per heavy atom. The van der Waals surface area contributed by atoms with Gasteiger partial charge in [-0.3, -0.25) is 4.79 Å². The number of piperazine rings is 1. The molecule has 0 radical (unpaired) electrons. The molecule has 1 saturated heterocycles. The van der Waals surface area contributed by atoms with Crippen LogP contribution in [0.3, 0.4) is 0 Å². The molecule has 2 rings (SSSR count). The van der Waals surface area contributed by atoms with E-state index in [9.17, 15) is 13.2 Å². The van der Waals surface area contributed by atoms with Gasteiger partial charge in [0.2, 0.25) is 10.0 Å². The molecule has 21 heavy (non-hydrogen) atoms. The lowest BCUT2D eigenvalue weighted by molar-refractivity contribution is 0.0569. The van der Waals surface area contributed by atoms with E-state index in [2.05, 4.69) is 10.0 Å². The maximum atomic E-state index is 12.4. The minimum atomic E-state index is -3.28. The number of carbonyl (C=O) groups excluding carboxylic acids is 1. The lowest BCUT2D eigenvalue weighted by atomic mass is 10.1. The van der Waals surface area contributed by atoms with E-state index in [0.29, 0.717) is 12.3 Å². The molecule has 1 amide bonds. The van der Waals surface area contributed by atoms with Crippen molar-refractivity contribution in [1.29, 1.82) is 0 Å². The molecule has 1 aliphatic heterocycles.